The first-order valence-electron chi connectivity index (χ1n) is 5.85. The summed E-state index contributed by atoms with van der Waals surface area (Å²) >= 11 is 0. The quantitative estimate of drug-likeness (QED) is 0.514. The molecule has 3 unspecified atom stereocenters. The predicted octanol–water partition coefficient (Wildman–Crippen LogP) is 0.383. The molecule has 0 radical (unpaired) electrons. The van der Waals surface area contributed by atoms with Gasteiger partial charge in [-0.2, -0.15) is 0 Å². The van der Waals surface area contributed by atoms with Gasteiger partial charge < -0.3 is 10.6 Å². The van der Waals surface area contributed by atoms with Crippen LogP contribution in [0, 0.1) is 16.0 Å². The van der Waals surface area contributed by atoms with Crippen LogP contribution in [0.5, 0.6) is 0 Å². The Morgan fingerprint density at radius 2 is 2.13 bits per heavy atom. The summed E-state index contributed by atoms with van der Waals surface area (Å²) in [6.07, 6.45) is 3.67. The molecule has 0 amide bonds. The Balaban J connectivity index is 1.88. The fourth-order valence-electron chi connectivity index (χ4n) is 2.77. The molecule has 0 bridgehead atoms. The lowest BCUT2D eigenvalue weighted by Gasteiger charge is -2.34. The van der Waals surface area contributed by atoms with Crippen molar-refractivity contribution in [2.75, 3.05) is 19.6 Å². The molecule has 0 spiro atoms. The zero-order valence-electron chi connectivity index (χ0n) is 8.95. The Labute approximate surface area is 89.8 Å². The molecule has 0 aromatic rings. The molecule has 2 fully saturated rings. The highest BCUT2D eigenvalue weighted by Gasteiger charge is 2.34. The maximum Gasteiger partial charge on any atom is 0.213 e. The van der Waals surface area contributed by atoms with Crippen LogP contribution in [0.4, 0.5) is 0 Å². The normalized spacial score (nSPS) is 37.5. The first-order chi connectivity index (χ1) is 7.27. The zero-order chi connectivity index (χ0) is 10.7. The molecule has 2 rings (SSSR count). The summed E-state index contributed by atoms with van der Waals surface area (Å²) < 4.78 is 0. The lowest BCUT2D eigenvalue weighted by atomic mass is 9.81. The summed E-state index contributed by atoms with van der Waals surface area (Å²) in [7, 11) is 0. The van der Waals surface area contributed by atoms with Crippen LogP contribution in [0.15, 0.2) is 0 Å². The highest BCUT2D eigenvalue weighted by Crippen LogP contribution is 2.28. The molecule has 5 nitrogen and oxygen atoms in total. The SMILES string of the molecule is O=[N+]([O-])C1CCCC(C2CNCCN2)C1. The zero-order valence-corrected chi connectivity index (χ0v) is 8.95. The molecule has 2 N–H and O–H groups in total. The molecule has 1 saturated carbocycles. The van der Waals surface area contributed by atoms with Gasteiger partial charge in [-0.05, 0) is 18.8 Å². The van der Waals surface area contributed by atoms with Gasteiger partial charge in [0.2, 0.25) is 6.04 Å². The Morgan fingerprint density at radius 1 is 1.27 bits per heavy atom. The molecule has 3 atom stereocenters. The minimum atomic E-state index is -0.299. The molecule has 0 aromatic carbocycles. The maximum atomic E-state index is 10.8. The standard InChI is InChI=1S/C10H19N3O2/c14-13(15)9-3-1-2-8(6-9)10-7-11-4-5-12-10/h8-12H,1-7H2. The highest BCUT2D eigenvalue weighted by molar-refractivity contribution is 4.86. The maximum absolute atomic E-state index is 10.8. The van der Waals surface area contributed by atoms with E-state index in [1.54, 1.807) is 0 Å². The first-order valence-corrected chi connectivity index (χ1v) is 5.85. The molecule has 1 aliphatic carbocycles. The van der Waals surface area contributed by atoms with Gasteiger partial charge in [0, 0.05) is 43.4 Å². The lowest BCUT2D eigenvalue weighted by Crippen LogP contribution is -2.53. The highest BCUT2D eigenvalue weighted by atomic mass is 16.6. The molecule has 2 aliphatic rings. The number of hydrogen-bond donors (Lipinski definition) is 2. The van der Waals surface area contributed by atoms with Crippen molar-refractivity contribution in [3.8, 4) is 0 Å². The van der Waals surface area contributed by atoms with Crippen LogP contribution >= 0.6 is 0 Å². The summed E-state index contributed by atoms with van der Waals surface area (Å²) in [5.74, 6) is 0.488. The predicted molar refractivity (Wildman–Crippen MR) is 57.4 cm³/mol. The van der Waals surface area contributed by atoms with Gasteiger partial charge >= 0.3 is 0 Å². The van der Waals surface area contributed by atoms with Gasteiger partial charge in [-0.1, -0.05) is 0 Å². The third-order valence-corrected chi connectivity index (χ3v) is 3.63. The van der Waals surface area contributed by atoms with E-state index in [9.17, 15) is 10.1 Å². The van der Waals surface area contributed by atoms with E-state index in [1.807, 2.05) is 0 Å². The second-order valence-corrected chi connectivity index (χ2v) is 4.63. The number of nitrogens with one attached hydrogen (secondary N) is 2. The van der Waals surface area contributed by atoms with E-state index in [0.717, 1.165) is 45.3 Å². The van der Waals surface area contributed by atoms with Crippen molar-refractivity contribution in [2.24, 2.45) is 5.92 Å². The minimum Gasteiger partial charge on any atom is -0.314 e. The van der Waals surface area contributed by atoms with Crippen molar-refractivity contribution in [1.29, 1.82) is 0 Å². The topological polar surface area (TPSA) is 67.2 Å². The van der Waals surface area contributed by atoms with Crippen molar-refractivity contribution < 1.29 is 4.92 Å². The Morgan fingerprint density at radius 3 is 2.80 bits per heavy atom. The van der Waals surface area contributed by atoms with Gasteiger partial charge in [-0.15, -0.1) is 0 Å². The Hall–Kier alpha value is -0.680. The summed E-state index contributed by atoms with van der Waals surface area (Å²) in [5, 5.41) is 17.6. The monoisotopic (exact) mass is 213 g/mol. The summed E-state index contributed by atoms with van der Waals surface area (Å²) in [6, 6.07) is 0.147. The third-order valence-electron chi connectivity index (χ3n) is 3.63. The molecule has 0 aromatic heterocycles. The van der Waals surface area contributed by atoms with E-state index in [2.05, 4.69) is 10.6 Å². The van der Waals surface area contributed by atoms with Crippen LogP contribution in [-0.4, -0.2) is 36.6 Å². The van der Waals surface area contributed by atoms with E-state index in [0.29, 0.717) is 12.0 Å². The van der Waals surface area contributed by atoms with Gasteiger partial charge in [0.1, 0.15) is 0 Å². The van der Waals surface area contributed by atoms with E-state index in [-0.39, 0.29) is 11.0 Å². The summed E-state index contributed by atoms with van der Waals surface area (Å²) in [4.78, 5) is 10.7. The fraction of sp³-hybridized carbons (Fsp3) is 1.00. The van der Waals surface area contributed by atoms with Crippen LogP contribution in [0.1, 0.15) is 25.7 Å². The second-order valence-electron chi connectivity index (χ2n) is 4.63. The number of piperazine rings is 1. The summed E-state index contributed by atoms with van der Waals surface area (Å²) in [6.45, 7) is 2.97. The van der Waals surface area contributed by atoms with Crippen LogP contribution in [0.3, 0.4) is 0 Å². The first kappa shape index (κ1) is 10.8. The average Bonchev–Trinajstić information content (AvgIpc) is 2.30. The van der Waals surface area contributed by atoms with Crippen molar-refractivity contribution in [2.45, 2.75) is 37.8 Å². The Kier molecular flexibility index (Phi) is 3.53. The molecule has 1 aliphatic heterocycles. The molecular weight excluding hydrogens is 194 g/mol. The number of nitrogens with zero attached hydrogens (tertiary/aromatic N) is 1. The van der Waals surface area contributed by atoms with Crippen molar-refractivity contribution in [3.63, 3.8) is 0 Å². The molecule has 86 valence electrons. The number of rotatable bonds is 2. The van der Waals surface area contributed by atoms with Gasteiger partial charge in [0.15, 0.2) is 0 Å². The van der Waals surface area contributed by atoms with Crippen LogP contribution < -0.4 is 10.6 Å². The van der Waals surface area contributed by atoms with Gasteiger partial charge in [-0.3, -0.25) is 10.1 Å². The number of nitro groups is 1. The van der Waals surface area contributed by atoms with Gasteiger partial charge in [0.05, 0.1) is 0 Å². The van der Waals surface area contributed by atoms with E-state index in [4.69, 9.17) is 0 Å². The van der Waals surface area contributed by atoms with E-state index in [1.165, 1.54) is 0 Å². The fourth-order valence-corrected chi connectivity index (χ4v) is 2.77. The lowest BCUT2D eigenvalue weighted by molar-refractivity contribution is -0.528. The van der Waals surface area contributed by atoms with Crippen LogP contribution in [0.2, 0.25) is 0 Å². The van der Waals surface area contributed by atoms with Crippen molar-refractivity contribution >= 4 is 0 Å². The summed E-state index contributed by atoms with van der Waals surface area (Å²) in [5.41, 5.74) is 0. The molecule has 5 heteroatoms. The van der Waals surface area contributed by atoms with Crippen molar-refractivity contribution in [3.05, 3.63) is 10.1 Å². The Bertz CT molecular complexity index is 229. The van der Waals surface area contributed by atoms with E-state index >= 15 is 0 Å². The second kappa shape index (κ2) is 4.90. The van der Waals surface area contributed by atoms with Gasteiger partial charge in [-0.25, -0.2) is 0 Å². The third kappa shape index (κ3) is 2.66. The molecular formula is C10H19N3O2. The van der Waals surface area contributed by atoms with Gasteiger partial charge in [0.25, 0.3) is 0 Å². The largest absolute Gasteiger partial charge is 0.314 e. The average molecular weight is 213 g/mol. The molecule has 1 heterocycles. The van der Waals surface area contributed by atoms with E-state index < -0.39 is 0 Å². The minimum absolute atomic E-state index is 0.0948. The van der Waals surface area contributed by atoms with Crippen LogP contribution in [-0.2, 0) is 0 Å². The number of hydrogen-bond acceptors (Lipinski definition) is 4. The smallest absolute Gasteiger partial charge is 0.213 e. The molecule has 15 heavy (non-hydrogen) atoms. The van der Waals surface area contributed by atoms with Crippen molar-refractivity contribution in [1.82, 2.24) is 10.6 Å². The van der Waals surface area contributed by atoms with Crippen LogP contribution in [0.25, 0.3) is 0 Å². The molecule has 1 saturated heterocycles.